The predicted octanol–water partition coefficient (Wildman–Crippen LogP) is 5.17. The SMILES string of the molecule is CCOC(=O)C[C@]1([C@@H](NC(=O)OCc2ccccc2)c2ccc(F)cc2)Cc2ccccc2C1=O. The molecule has 2 atom stereocenters. The molecule has 0 heterocycles. The summed E-state index contributed by atoms with van der Waals surface area (Å²) in [5.41, 5.74) is 1.18. The van der Waals surface area contributed by atoms with E-state index in [4.69, 9.17) is 9.47 Å². The quantitative estimate of drug-likeness (QED) is 0.455. The molecule has 0 aromatic heterocycles. The molecule has 0 bridgehead atoms. The highest BCUT2D eigenvalue weighted by atomic mass is 19.1. The summed E-state index contributed by atoms with van der Waals surface area (Å²) in [5.74, 6) is -1.29. The van der Waals surface area contributed by atoms with Crippen molar-refractivity contribution in [2.45, 2.75) is 32.4 Å². The van der Waals surface area contributed by atoms with E-state index in [0.29, 0.717) is 11.1 Å². The van der Waals surface area contributed by atoms with E-state index in [1.807, 2.05) is 42.5 Å². The van der Waals surface area contributed by atoms with E-state index in [1.54, 1.807) is 19.1 Å². The molecular weight excluding hydrogens is 449 g/mol. The number of ether oxygens (including phenoxy) is 2. The molecule has 0 saturated heterocycles. The van der Waals surface area contributed by atoms with Gasteiger partial charge in [0.05, 0.1) is 24.5 Å². The maximum Gasteiger partial charge on any atom is 0.407 e. The van der Waals surface area contributed by atoms with Gasteiger partial charge >= 0.3 is 12.1 Å². The molecule has 1 amide bonds. The molecule has 1 aliphatic rings. The van der Waals surface area contributed by atoms with Gasteiger partial charge in [-0.1, -0.05) is 66.7 Å². The number of Topliss-reactive ketones (excluding diaryl/α,β-unsaturated/α-hetero) is 1. The Morgan fingerprint density at radius 3 is 2.34 bits per heavy atom. The molecule has 3 aromatic carbocycles. The van der Waals surface area contributed by atoms with Crippen LogP contribution in [0.5, 0.6) is 0 Å². The highest BCUT2D eigenvalue weighted by molar-refractivity contribution is 6.07. The molecule has 3 aromatic rings. The lowest BCUT2D eigenvalue weighted by atomic mass is 9.71. The fourth-order valence-corrected chi connectivity index (χ4v) is 4.61. The molecule has 0 saturated carbocycles. The number of halogens is 1. The number of alkyl carbamates (subject to hydrolysis) is 1. The molecule has 1 N–H and O–H groups in total. The predicted molar refractivity (Wildman–Crippen MR) is 127 cm³/mol. The lowest BCUT2D eigenvalue weighted by Gasteiger charge is -2.36. The number of amides is 1. The number of rotatable bonds is 8. The zero-order chi connectivity index (χ0) is 24.8. The highest BCUT2D eigenvalue weighted by Crippen LogP contribution is 2.48. The van der Waals surface area contributed by atoms with Crippen LogP contribution >= 0.6 is 0 Å². The number of carbonyl (C=O) groups is 3. The van der Waals surface area contributed by atoms with Gasteiger partial charge < -0.3 is 14.8 Å². The summed E-state index contributed by atoms with van der Waals surface area (Å²) in [4.78, 5) is 39.5. The molecule has 6 nitrogen and oxygen atoms in total. The van der Waals surface area contributed by atoms with Crippen LogP contribution in [-0.2, 0) is 27.3 Å². The summed E-state index contributed by atoms with van der Waals surface area (Å²) in [7, 11) is 0. The Hall–Kier alpha value is -4.00. The van der Waals surface area contributed by atoms with Crippen molar-refractivity contribution in [1.29, 1.82) is 0 Å². The largest absolute Gasteiger partial charge is 0.466 e. The van der Waals surface area contributed by atoms with Crippen molar-refractivity contribution < 1.29 is 28.2 Å². The van der Waals surface area contributed by atoms with Crippen molar-refractivity contribution in [3.05, 3.63) is 107 Å². The number of esters is 1. The van der Waals surface area contributed by atoms with Crippen LogP contribution in [0.4, 0.5) is 9.18 Å². The molecule has 0 spiro atoms. The molecular formula is C28H26FNO5. The molecule has 7 heteroatoms. The van der Waals surface area contributed by atoms with Crippen molar-refractivity contribution in [3.63, 3.8) is 0 Å². The maximum atomic E-state index is 13.8. The van der Waals surface area contributed by atoms with Crippen LogP contribution in [0.25, 0.3) is 0 Å². The third-order valence-corrected chi connectivity index (χ3v) is 6.22. The fourth-order valence-electron chi connectivity index (χ4n) is 4.61. The number of carbonyl (C=O) groups excluding carboxylic acids is 3. The zero-order valence-corrected chi connectivity index (χ0v) is 19.3. The first kappa shape index (κ1) is 24.1. The molecule has 180 valence electrons. The zero-order valence-electron chi connectivity index (χ0n) is 19.3. The first-order chi connectivity index (χ1) is 16.9. The van der Waals surface area contributed by atoms with Gasteiger partial charge in [0.15, 0.2) is 5.78 Å². The fraction of sp³-hybridized carbons (Fsp3) is 0.250. The van der Waals surface area contributed by atoms with Gasteiger partial charge in [0, 0.05) is 5.56 Å². The van der Waals surface area contributed by atoms with Gasteiger partial charge in [-0.25, -0.2) is 9.18 Å². The molecule has 0 aliphatic heterocycles. The normalized spacial score (nSPS) is 17.4. The van der Waals surface area contributed by atoms with Crippen LogP contribution in [0.15, 0.2) is 78.9 Å². The topological polar surface area (TPSA) is 81.7 Å². The third kappa shape index (κ3) is 5.24. The molecule has 0 unspecified atom stereocenters. The van der Waals surface area contributed by atoms with Crippen molar-refractivity contribution in [1.82, 2.24) is 5.32 Å². The van der Waals surface area contributed by atoms with Crippen LogP contribution in [0.2, 0.25) is 0 Å². The second-order valence-corrected chi connectivity index (χ2v) is 8.49. The van der Waals surface area contributed by atoms with Gasteiger partial charge in [0.1, 0.15) is 12.4 Å². The van der Waals surface area contributed by atoms with Gasteiger partial charge in [0.25, 0.3) is 0 Å². The first-order valence-corrected chi connectivity index (χ1v) is 11.4. The van der Waals surface area contributed by atoms with E-state index in [0.717, 1.165) is 11.1 Å². The summed E-state index contributed by atoms with van der Waals surface area (Å²) in [6.45, 7) is 1.87. The number of fused-ring (bicyclic) bond motifs is 1. The molecule has 4 rings (SSSR count). The lowest BCUT2D eigenvalue weighted by Crippen LogP contribution is -2.46. The Morgan fingerprint density at radius 1 is 0.971 bits per heavy atom. The van der Waals surface area contributed by atoms with E-state index in [9.17, 15) is 18.8 Å². The Bertz CT molecular complexity index is 1210. The van der Waals surface area contributed by atoms with Gasteiger partial charge in [0.2, 0.25) is 0 Å². The molecule has 1 aliphatic carbocycles. The standard InChI is InChI=1S/C28H26FNO5/c1-2-34-24(31)17-28(16-21-10-6-7-11-23(21)26(28)32)25(20-12-14-22(29)15-13-20)30-27(33)35-18-19-8-4-3-5-9-19/h3-15,25H,2,16-18H2,1H3,(H,30,33)/t25-,28-/m0/s1. The second-order valence-electron chi connectivity index (χ2n) is 8.49. The highest BCUT2D eigenvalue weighted by Gasteiger charge is 2.53. The first-order valence-electron chi connectivity index (χ1n) is 11.4. The van der Waals surface area contributed by atoms with E-state index in [1.165, 1.54) is 24.3 Å². The minimum atomic E-state index is -1.36. The van der Waals surface area contributed by atoms with E-state index >= 15 is 0 Å². The van der Waals surface area contributed by atoms with E-state index < -0.39 is 29.3 Å². The number of ketones is 1. The lowest BCUT2D eigenvalue weighted by molar-refractivity contribution is -0.145. The van der Waals surface area contributed by atoms with Crippen molar-refractivity contribution in [2.24, 2.45) is 5.41 Å². The van der Waals surface area contributed by atoms with Gasteiger partial charge in [-0.15, -0.1) is 0 Å². The van der Waals surface area contributed by atoms with Crippen LogP contribution in [0, 0.1) is 11.2 Å². The molecule has 0 radical (unpaired) electrons. The maximum absolute atomic E-state index is 13.8. The van der Waals surface area contributed by atoms with E-state index in [-0.39, 0.29) is 31.8 Å². The summed E-state index contributed by atoms with van der Waals surface area (Å²) in [6.07, 6.45) is -0.799. The smallest absolute Gasteiger partial charge is 0.407 e. The number of nitrogens with one attached hydrogen (secondary N) is 1. The monoisotopic (exact) mass is 475 g/mol. The Labute approximate surface area is 203 Å². The second kappa shape index (κ2) is 10.5. The number of hydrogen-bond acceptors (Lipinski definition) is 5. The molecule has 0 fully saturated rings. The van der Waals surface area contributed by atoms with Crippen molar-refractivity contribution in [3.8, 4) is 0 Å². The average Bonchev–Trinajstić information content (AvgIpc) is 3.14. The summed E-state index contributed by atoms with van der Waals surface area (Å²) in [5, 5.41) is 2.81. The summed E-state index contributed by atoms with van der Waals surface area (Å²) in [6, 6.07) is 20.8. The number of benzene rings is 3. The minimum Gasteiger partial charge on any atom is -0.466 e. The van der Waals surface area contributed by atoms with Crippen molar-refractivity contribution in [2.75, 3.05) is 6.61 Å². The Kier molecular flexibility index (Phi) is 7.25. The van der Waals surface area contributed by atoms with Crippen LogP contribution in [0.1, 0.15) is 46.4 Å². The van der Waals surface area contributed by atoms with Crippen LogP contribution in [-0.4, -0.2) is 24.5 Å². The van der Waals surface area contributed by atoms with Crippen LogP contribution < -0.4 is 5.32 Å². The number of hydrogen-bond donors (Lipinski definition) is 1. The third-order valence-electron chi connectivity index (χ3n) is 6.22. The van der Waals surface area contributed by atoms with Crippen LogP contribution in [0.3, 0.4) is 0 Å². The molecule has 35 heavy (non-hydrogen) atoms. The van der Waals surface area contributed by atoms with Gasteiger partial charge in [-0.3, -0.25) is 9.59 Å². The summed E-state index contributed by atoms with van der Waals surface area (Å²) >= 11 is 0. The van der Waals surface area contributed by atoms with E-state index in [2.05, 4.69) is 5.32 Å². The van der Waals surface area contributed by atoms with Gasteiger partial charge in [-0.2, -0.15) is 0 Å². The van der Waals surface area contributed by atoms with Gasteiger partial charge in [-0.05, 0) is 42.2 Å². The summed E-state index contributed by atoms with van der Waals surface area (Å²) < 4.78 is 24.4. The Balaban J connectivity index is 1.70. The van der Waals surface area contributed by atoms with Crippen molar-refractivity contribution >= 4 is 17.8 Å². The Morgan fingerprint density at radius 2 is 1.66 bits per heavy atom. The average molecular weight is 476 g/mol. The minimum absolute atomic E-state index is 0.0296.